The van der Waals surface area contributed by atoms with Crippen LogP contribution >= 0.6 is 0 Å². The first-order valence-corrected chi connectivity index (χ1v) is 24.3. The van der Waals surface area contributed by atoms with E-state index in [1.165, 1.54) is 27.1 Å². The average molecular weight is 920 g/mol. The van der Waals surface area contributed by atoms with Crippen molar-refractivity contribution < 1.29 is 0 Å². The highest BCUT2D eigenvalue weighted by Crippen LogP contribution is 2.43. The molecule has 0 saturated heterocycles. The molecule has 0 atom stereocenters. The second kappa shape index (κ2) is 18.3. The van der Waals surface area contributed by atoms with Gasteiger partial charge in [0.15, 0.2) is 0 Å². The third-order valence-corrected chi connectivity index (χ3v) is 13.8. The Morgan fingerprint density at radius 3 is 1.21 bits per heavy atom. The van der Waals surface area contributed by atoms with Crippen LogP contribution in [0.15, 0.2) is 274 Å². The van der Waals surface area contributed by atoms with Crippen LogP contribution in [0.3, 0.4) is 0 Å². The van der Waals surface area contributed by atoms with Crippen molar-refractivity contribution in [3.8, 4) is 101 Å². The van der Waals surface area contributed by atoms with E-state index in [2.05, 4.69) is 219 Å². The van der Waals surface area contributed by atoms with Gasteiger partial charge in [-0.3, -0.25) is 4.98 Å². The summed E-state index contributed by atoms with van der Waals surface area (Å²) in [5, 5.41) is 14.6. The molecule has 0 aliphatic heterocycles. The summed E-state index contributed by atoms with van der Waals surface area (Å²) in [6, 6.07) is 86.4. The van der Waals surface area contributed by atoms with E-state index < -0.39 is 0 Å². The number of rotatable bonds is 10. The van der Waals surface area contributed by atoms with Crippen molar-refractivity contribution in [1.82, 2.24) is 24.5 Å². The lowest BCUT2D eigenvalue weighted by Crippen LogP contribution is -1.93. The van der Waals surface area contributed by atoms with Crippen LogP contribution in [0.2, 0.25) is 0 Å². The van der Waals surface area contributed by atoms with Crippen LogP contribution in [0.25, 0.3) is 122 Å². The standard InChI is InChI=1S/C67H45N5/c1-3-19-57(20-4-1)71-44-55(42-69-71)64-28-13-11-26-62(64)53-37-52(38-54(39-53)63-27-12-14-29-65(63)56-43-70-72(45-56)58-21-5-2-6-22-58)61-25-10-9-24-60(61)51-34-35-67(68-41-51)50-18-15-17-48(36-50)49-33-32-47-31-30-46-16-7-8-23-59(46)66(47)40-49/h1-45H. The maximum Gasteiger partial charge on any atom is 0.0702 e. The van der Waals surface area contributed by atoms with Gasteiger partial charge >= 0.3 is 0 Å². The molecule has 3 heterocycles. The largest absolute Gasteiger partial charge is 0.256 e. The third-order valence-electron chi connectivity index (χ3n) is 13.8. The normalized spacial score (nSPS) is 11.3. The number of hydrogen-bond acceptors (Lipinski definition) is 3. The zero-order valence-electron chi connectivity index (χ0n) is 39.2. The van der Waals surface area contributed by atoms with E-state index in [4.69, 9.17) is 15.2 Å². The predicted molar refractivity (Wildman–Crippen MR) is 297 cm³/mol. The van der Waals surface area contributed by atoms with Crippen LogP contribution in [0.1, 0.15) is 0 Å². The van der Waals surface area contributed by atoms with Crippen molar-refractivity contribution in [2.45, 2.75) is 0 Å². The minimum Gasteiger partial charge on any atom is -0.256 e. The van der Waals surface area contributed by atoms with E-state index in [9.17, 15) is 0 Å². The number of fused-ring (bicyclic) bond motifs is 3. The van der Waals surface area contributed by atoms with Gasteiger partial charge < -0.3 is 0 Å². The van der Waals surface area contributed by atoms with Crippen LogP contribution in [-0.4, -0.2) is 24.5 Å². The second-order valence-corrected chi connectivity index (χ2v) is 18.2. The van der Waals surface area contributed by atoms with Gasteiger partial charge in [0.25, 0.3) is 0 Å². The molecule has 3 aromatic heterocycles. The van der Waals surface area contributed by atoms with E-state index in [0.29, 0.717) is 0 Å². The summed E-state index contributed by atoms with van der Waals surface area (Å²) >= 11 is 0. The van der Waals surface area contributed by atoms with Crippen molar-refractivity contribution in [2.24, 2.45) is 0 Å². The van der Waals surface area contributed by atoms with Crippen molar-refractivity contribution in [1.29, 1.82) is 0 Å². The average Bonchev–Trinajstić information content (AvgIpc) is 4.18. The van der Waals surface area contributed by atoms with E-state index >= 15 is 0 Å². The van der Waals surface area contributed by atoms with Gasteiger partial charge in [-0.05, 0) is 143 Å². The first-order chi connectivity index (χ1) is 35.7. The molecule has 0 bridgehead atoms. The fraction of sp³-hybridized carbons (Fsp3) is 0. The highest BCUT2D eigenvalue weighted by atomic mass is 15.3. The molecule has 0 fully saturated rings. The maximum absolute atomic E-state index is 5.14. The number of aromatic nitrogens is 5. The van der Waals surface area contributed by atoms with Gasteiger partial charge in [0.05, 0.1) is 29.5 Å². The summed E-state index contributed by atoms with van der Waals surface area (Å²) in [5.74, 6) is 0. The molecular weight excluding hydrogens is 875 g/mol. The van der Waals surface area contributed by atoms with Crippen LogP contribution in [0.5, 0.6) is 0 Å². The molecule has 13 rings (SSSR count). The van der Waals surface area contributed by atoms with Crippen LogP contribution in [0, 0.1) is 0 Å². The summed E-state index contributed by atoms with van der Waals surface area (Å²) in [7, 11) is 0. The molecular formula is C67H45N5. The molecule has 0 radical (unpaired) electrons. The molecule has 72 heavy (non-hydrogen) atoms. The van der Waals surface area contributed by atoms with E-state index in [0.717, 1.165) is 95.0 Å². The number of pyridine rings is 1. The lowest BCUT2D eigenvalue weighted by Gasteiger charge is -2.17. The fourth-order valence-corrected chi connectivity index (χ4v) is 10.2. The highest BCUT2D eigenvalue weighted by molar-refractivity contribution is 6.08. The third kappa shape index (κ3) is 8.05. The van der Waals surface area contributed by atoms with Gasteiger partial charge in [-0.15, -0.1) is 0 Å². The molecule has 0 amide bonds. The Morgan fingerprint density at radius 1 is 0.250 bits per heavy atom. The molecule has 13 aromatic rings. The predicted octanol–water partition coefficient (Wildman–Crippen LogP) is 17.1. The Kier molecular flexibility index (Phi) is 10.8. The SMILES string of the molecule is c1ccc(-n2cc(-c3ccccc3-c3cc(-c4ccccc4-c4ccc(-c5cccc(-c6ccc7ccc8ccccc8c7c6)c5)nc4)cc(-c4ccccc4-c4cnn(-c5ccccc5)c4)c3)cn2)cc1. The summed E-state index contributed by atoms with van der Waals surface area (Å²) in [6.07, 6.45) is 10.2. The van der Waals surface area contributed by atoms with Crippen LogP contribution < -0.4 is 0 Å². The van der Waals surface area contributed by atoms with Crippen molar-refractivity contribution in [3.63, 3.8) is 0 Å². The van der Waals surface area contributed by atoms with Gasteiger partial charge in [0, 0.05) is 40.8 Å². The molecule has 0 N–H and O–H groups in total. The fourth-order valence-electron chi connectivity index (χ4n) is 10.2. The van der Waals surface area contributed by atoms with Gasteiger partial charge in [0.1, 0.15) is 0 Å². The van der Waals surface area contributed by atoms with Crippen LogP contribution in [-0.2, 0) is 0 Å². The lowest BCUT2D eigenvalue weighted by molar-refractivity contribution is 0.881. The number of para-hydroxylation sites is 2. The van der Waals surface area contributed by atoms with Crippen molar-refractivity contribution in [2.75, 3.05) is 0 Å². The smallest absolute Gasteiger partial charge is 0.0702 e. The van der Waals surface area contributed by atoms with E-state index in [-0.39, 0.29) is 0 Å². The van der Waals surface area contributed by atoms with Crippen molar-refractivity contribution in [3.05, 3.63) is 274 Å². The van der Waals surface area contributed by atoms with Gasteiger partial charge in [0.2, 0.25) is 0 Å². The Balaban J connectivity index is 0.903. The summed E-state index contributed by atoms with van der Waals surface area (Å²) in [6.45, 7) is 0. The summed E-state index contributed by atoms with van der Waals surface area (Å²) in [4.78, 5) is 5.14. The Bertz CT molecular complexity index is 3950. The number of nitrogens with zero attached hydrogens (tertiary/aromatic N) is 5. The van der Waals surface area contributed by atoms with E-state index in [1.807, 2.05) is 64.4 Å². The Labute approximate surface area is 418 Å². The summed E-state index contributed by atoms with van der Waals surface area (Å²) < 4.78 is 3.89. The van der Waals surface area contributed by atoms with E-state index in [1.54, 1.807) is 0 Å². The molecule has 338 valence electrons. The molecule has 0 aliphatic carbocycles. The van der Waals surface area contributed by atoms with Crippen molar-refractivity contribution >= 4 is 21.5 Å². The minimum absolute atomic E-state index is 0.924. The zero-order chi connectivity index (χ0) is 47.8. The maximum atomic E-state index is 5.14. The molecule has 0 aliphatic rings. The molecule has 0 unspecified atom stereocenters. The highest BCUT2D eigenvalue weighted by Gasteiger charge is 2.18. The number of benzene rings is 10. The quantitative estimate of drug-likeness (QED) is 0.128. The molecule has 0 spiro atoms. The molecule has 5 heteroatoms. The first kappa shape index (κ1) is 42.4. The lowest BCUT2D eigenvalue weighted by atomic mass is 9.87. The zero-order valence-corrected chi connectivity index (χ0v) is 39.2. The Morgan fingerprint density at radius 2 is 0.667 bits per heavy atom. The monoisotopic (exact) mass is 919 g/mol. The Hall–Kier alpha value is -9.71. The molecule has 5 nitrogen and oxygen atoms in total. The van der Waals surface area contributed by atoms with Gasteiger partial charge in [-0.2, -0.15) is 10.2 Å². The minimum atomic E-state index is 0.924. The topological polar surface area (TPSA) is 48.5 Å². The molecule has 0 saturated carbocycles. The molecule has 10 aromatic carbocycles. The van der Waals surface area contributed by atoms with Gasteiger partial charge in [-0.1, -0.05) is 182 Å². The van der Waals surface area contributed by atoms with Crippen LogP contribution in [0.4, 0.5) is 0 Å². The first-order valence-electron chi connectivity index (χ1n) is 24.3. The van der Waals surface area contributed by atoms with Gasteiger partial charge in [-0.25, -0.2) is 9.36 Å². The second-order valence-electron chi connectivity index (χ2n) is 18.2. The number of hydrogen-bond donors (Lipinski definition) is 0. The summed E-state index contributed by atoms with van der Waals surface area (Å²) in [5.41, 5.74) is 19.4.